The molecule has 2 amide bonds. The molecule has 0 aliphatic heterocycles. The number of hydrogen-bond donors (Lipinski definition) is 3. The van der Waals surface area contributed by atoms with Crippen LogP contribution in [0.2, 0.25) is 0 Å². The number of carbonyl (C=O) groups is 2. The van der Waals surface area contributed by atoms with Gasteiger partial charge in [-0.15, -0.1) is 11.3 Å². The zero-order chi connectivity index (χ0) is 20.6. The number of amides is 2. The number of anilines is 1. The third kappa shape index (κ3) is 5.53. The zero-order valence-electron chi connectivity index (χ0n) is 16.6. The van der Waals surface area contributed by atoms with E-state index < -0.39 is 0 Å². The van der Waals surface area contributed by atoms with Crippen LogP contribution >= 0.6 is 11.3 Å². The molecule has 1 heterocycles. The molecule has 0 radical (unpaired) electrons. The van der Waals surface area contributed by atoms with Crippen LogP contribution in [0.15, 0.2) is 66.0 Å². The van der Waals surface area contributed by atoms with Gasteiger partial charge < -0.3 is 16.0 Å². The summed E-state index contributed by atoms with van der Waals surface area (Å²) in [6.07, 6.45) is 1.01. The van der Waals surface area contributed by atoms with Crippen LogP contribution < -0.4 is 16.0 Å². The summed E-state index contributed by atoms with van der Waals surface area (Å²) in [5.41, 5.74) is 3.61. The third-order valence-electron chi connectivity index (χ3n) is 4.77. The lowest BCUT2D eigenvalue weighted by atomic mass is 10.0. The first kappa shape index (κ1) is 20.8. The molecule has 29 heavy (non-hydrogen) atoms. The fraction of sp³-hybridized carbons (Fsp3) is 0.217. The normalized spacial score (nSPS) is 11.7. The van der Waals surface area contributed by atoms with Crippen molar-refractivity contribution in [3.63, 3.8) is 0 Å². The number of hydrogen-bond acceptors (Lipinski definition) is 3. The molecule has 0 fully saturated rings. The van der Waals surface area contributed by atoms with E-state index in [2.05, 4.69) is 53.3 Å². The highest BCUT2D eigenvalue weighted by Gasteiger charge is 2.20. The van der Waals surface area contributed by atoms with Gasteiger partial charge in [-0.1, -0.05) is 43.3 Å². The number of nitrogens with one attached hydrogen (secondary N) is 2. The fourth-order valence-electron chi connectivity index (χ4n) is 3.16. The van der Waals surface area contributed by atoms with Crippen molar-refractivity contribution in [3.8, 4) is 0 Å². The number of rotatable bonds is 8. The van der Waals surface area contributed by atoms with Gasteiger partial charge in [0.1, 0.15) is 6.04 Å². The summed E-state index contributed by atoms with van der Waals surface area (Å²) in [5, 5.41) is 9.57. The van der Waals surface area contributed by atoms with Crippen molar-refractivity contribution in [1.82, 2.24) is 5.32 Å². The van der Waals surface area contributed by atoms with Gasteiger partial charge in [0.05, 0.1) is 4.88 Å². The second-order valence-corrected chi connectivity index (χ2v) is 7.72. The summed E-state index contributed by atoms with van der Waals surface area (Å²) in [5.74, 6) is -0.285. The topological polar surface area (TPSA) is 74.8 Å². The summed E-state index contributed by atoms with van der Waals surface area (Å²) >= 11 is 1.69. The Morgan fingerprint density at radius 2 is 1.86 bits per heavy atom. The smallest absolute Gasteiger partial charge is 0.279 e. The number of quaternary nitrogens is 1. The standard InChI is InChI=1S/C23H25N3O2S/c1-3-16-9-11-17(12-10-16)22(20-8-5-13-29-20)25-15-21(27)26-19-7-4-6-18(14-19)23(28)24-2/h4-14,22,25H,3,15H2,1-2H3,(H,24,28)(H,26,27)/p+1/t22-/m0/s1. The highest BCUT2D eigenvalue weighted by Crippen LogP contribution is 2.23. The summed E-state index contributed by atoms with van der Waals surface area (Å²) in [6.45, 7) is 2.42. The van der Waals surface area contributed by atoms with Crippen LogP contribution in [0, 0.1) is 0 Å². The van der Waals surface area contributed by atoms with E-state index in [9.17, 15) is 9.59 Å². The minimum Gasteiger partial charge on any atom is -0.355 e. The molecule has 0 saturated heterocycles. The first-order chi connectivity index (χ1) is 14.1. The molecule has 0 unspecified atom stereocenters. The monoisotopic (exact) mass is 408 g/mol. The molecule has 3 aromatic rings. The molecule has 3 rings (SSSR count). The lowest BCUT2D eigenvalue weighted by Crippen LogP contribution is -2.87. The van der Waals surface area contributed by atoms with Crippen LogP contribution in [0.5, 0.6) is 0 Å². The third-order valence-corrected chi connectivity index (χ3v) is 5.73. The Hall–Kier alpha value is -2.96. The molecular formula is C23H26N3O2S+. The SMILES string of the molecule is CCc1ccc([C@H]([NH2+]CC(=O)Nc2cccc(C(=O)NC)c2)c2cccs2)cc1. The number of thiophene rings is 1. The van der Waals surface area contributed by atoms with Crippen molar-refractivity contribution in [3.05, 3.63) is 87.6 Å². The molecule has 0 spiro atoms. The maximum Gasteiger partial charge on any atom is 0.279 e. The Morgan fingerprint density at radius 3 is 2.52 bits per heavy atom. The predicted molar refractivity (Wildman–Crippen MR) is 117 cm³/mol. The molecule has 0 saturated carbocycles. The summed E-state index contributed by atoms with van der Waals surface area (Å²) in [7, 11) is 1.58. The van der Waals surface area contributed by atoms with Gasteiger partial charge in [0.25, 0.3) is 11.8 Å². The molecule has 0 bridgehead atoms. The highest BCUT2D eigenvalue weighted by molar-refractivity contribution is 7.10. The number of nitrogens with two attached hydrogens (primary N) is 1. The molecular weight excluding hydrogens is 382 g/mol. The van der Waals surface area contributed by atoms with Gasteiger partial charge in [0, 0.05) is 23.9 Å². The van der Waals surface area contributed by atoms with Crippen molar-refractivity contribution in [2.45, 2.75) is 19.4 Å². The highest BCUT2D eigenvalue weighted by atomic mass is 32.1. The molecule has 6 heteroatoms. The van der Waals surface area contributed by atoms with Crippen LogP contribution in [-0.2, 0) is 11.2 Å². The summed E-state index contributed by atoms with van der Waals surface area (Å²) in [4.78, 5) is 25.5. The van der Waals surface area contributed by atoms with E-state index in [1.807, 2.05) is 11.4 Å². The van der Waals surface area contributed by atoms with Crippen molar-refractivity contribution >= 4 is 28.8 Å². The maximum absolute atomic E-state index is 12.5. The van der Waals surface area contributed by atoms with Crippen LogP contribution in [0.4, 0.5) is 5.69 Å². The van der Waals surface area contributed by atoms with Crippen LogP contribution in [0.1, 0.15) is 39.3 Å². The molecule has 2 aromatic carbocycles. The Morgan fingerprint density at radius 1 is 1.07 bits per heavy atom. The Bertz CT molecular complexity index is 953. The largest absolute Gasteiger partial charge is 0.355 e. The Balaban J connectivity index is 1.68. The Kier molecular flexibility index (Phi) is 7.16. The quantitative estimate of drug-likeness (QED) is 0.536. The molecule has 5 nitrogen and oxygen atoms in total. The van der Waals surface area contributed by atoms with Crippen molar-refractivity contribution in [2.24, 2.45) is 0 Å². The molecule has 0 aliphatic carbocycles. The van der Waals surface area contributed by atoms with Gasteiger partial charge in [-0.05, 0) is 41.6 Å². The molecule has 1 atom stereocenters. The van der Waals surface area contributed by atoms with Crippen molar-refractivity contribution < 1.29 is 14.9 Å². The van der Waals surface area contributed by atoms with E-state index in [0.29, 0.717) is 11.3 Å². The molecule has 0 aliphatic rings. The van der Waals surface area contributed by atoms with Gasteiger partial charge in [-0.3, -0.25) is 9.59 Å². The Labute approximate surface area is 175 Å². The van der Waals surface area contributed by atoms with Crippen molar-refractivity contribution in [1.29, 1.82) is 0 Å². The van der Waals surface area contributed by atoms with Crippen LogP contribution in [0.25, 0.3) is 0 Å². The number of carbonyl (C=O) groups excluding carboxylic acids is 2. The minimum atomic E-state index is -0.180. The van der Waals surface area contributed by atoms with E-state index in [1.165, 1.54) is 16.0 Å². The first-order valence-corrected chi connectivity index (χ1v) is 10.6. The van der Waals surface area contributed by atoms with Gasteiger partial charge in [-0.25, -0.2) is 0 Å². The first-order valence-electron chi connectivity index (χ1n) is 9.68. The fourth-order valence-corrected chi connectivity index (χ4v) is 4.02. The summed E-state index contributed by atoms with van der Waals surface area (Å²) < 4.78 is 0. The van der Waals surface area contributed by atoms with E-state index in [4.69, 9.17) is 0 Å². The minimum absolute atomic E-state index is 0.0730. The van der Waals surface area contributed by atoms with E-state index in [-0.39, 0.29) is 24.4 Å². The average molecular weight is 409 g/mol. The maximum atomic E-state index is 12.5. The van der Waals surface area contributed by atoms with Gasteiger partial charge >= 0.3 is 0 Å². The molecule has 4 N–H and O–H groups in total. The molecule has 1 aromatic heterocycles. The lowest BCUT2D eigenvalue weighted by Gasteiger charge is -2.15. The van der Waals surface area contributed by atoms with E-state index in [1.54, 1.807) is 42.6 Å². The second kappa shape index (κ2) is 10.0. The second-order valence-electron chi connectivity index (χ2n) is 6.74. The predicted octanol–water partition coefficient (Wildman–Crippen LogP) is 2.96. The zero-order valence-corrected chi connectivity index (χ0v) is 17.5. The van der Waals surface area contributed by atoms with Gasteiger partial charge in [0.15, 0.2) is 6.54 Å². The average Bonchev–Trinajstić information content (AvgIpc) is 3.28. The molecule has 150 valence electrons. The van der Waals surface area contributed by atoms with E-state index >= 15 is 0 Å². The van der Waals surface area contributed by atoms with Crippen molar-refractivity contribution in [2.75, 3.05) is 18.9 Å². The van der Waals surface area contributed by atoms with Gasteiger partial charge in [-0.2, -0.15) is 0 Å². The summed E-state index contributed by atoms with van der Waals surface area (Å²) in [6, 6.07) is 19.7. The number of aryl methyl sites for hydroxylation is 1. The van der Waals surface area contributed by atoms with Crippen LogP contribution in [-0.4, -0.2) is 25.4 Å². The van der Waals surface area contributed by atoms with Gasteiger partial charge in [0.2, 0.25) is 0 Å². The van der Waals surface area contributed by atoms with Crippen LogP contribution in [0.3, 0.4) is 0 Å². The number of benzene rings is 2. The lowest BCUT2D eigenvalue weighted by molar-refractivity contribution is -0.675. The van der Waals surface area contributed by atoms with E-state index in [0.717, 1.165) is 6.42 Å².